The first kappa shape index (κ1) is 17.0. The molecule has 1 aromatic rings. The van der Waals surface area contributed by atoms with Gasteiger partial charge in [-0.25, -0.2) is 0 Å². The normalized spacial score (nSPS) is 19.2. The van der Waals surface area contributed by atoms with Gasteiger partial charge >= 0.3 is 0 Å². The van der Waals surface area contributed by atoms with Crippen LogP contribution in [0.1, 0.15) is 45.1 Å². The summed E-state index contributed by atoms with van der Waals surface area (Å²) in [4.78, 5) is 0. The van der Waals surface area contributed by atoms with Crippen LogP contribution in [0, 0.1) is 5.41 Å². The van der Waals surface area contributed by atoms with E-state index < -0.39 is 0 Å². The molecule has 0 unspecified atom stereocenters. The lowest BCUT2D eigenvalue weighted by atomic mass is 9.48. The van der Waals surface area contributed by atoms with E-state index in [4.69, 9.17) is 4.74 Å². The standard InChI is InChI=1S/C18H28BrNO/c1-4-17(5-2)12-18(13-17,14-20-10-11-21-3)15-8-6-7-9-16(15)19/h6-9,20H,4-5,10-14H2,1-3H3. The lowest BCUT2D eigenvalue weighted by Gasteiger charge is -2.57. The Kier molecular flexibility index (Phi) is 5.87. The number of methoxy groups -OCH3 is 1. The highest BCUT2D eigenvalue weighted by Crippen LogP contribution is 2.59. The molecule has 1 saturated carbocycles. The van der Waals surface area contributed by atoms with Gasteiger partial charge < -0.3 is 10.1 Å². The van der Waals surface area contributed by atoms with E-state index in [1.165, 1.54) is 35.7 Å². The monoisotopic (exact) mass is 353 g/mol. The zero-order valence-corrected chi connectivity index (χ0v) is 15.1. The molecule has 3 heteroatoms. The van der Waals surface area contributed by atoms with Crippen molar-refractivity contribution < 1.29 is 4.74 Å². The van der Waals surface area contributed by atoms with Gasteiger partial charge in [0.25, 0.3) is 0 Å². The molecule has 0 amide bonds. The molecule has 0 spiro atoms. The number of benzene rings is 1. The lowest BCUT2D eigenvalue weighted by Crippen LogP contribution is -2.54. The van der Waals surface area contributed by atoms with Gasteiger partial charge in [-0.1, -0.05) is 60.8 Å². The molecule has 21 heavy (non-hydrogen) atoms. The van der Waals surface area contributed by atoms with Crippen LogP contribution < -0.4 is 5.32 Å². The zero-order chi connectivity index (χ0) is 15.3. The third kappa shape index (κ3) is 3.52. The third-order valence-corrected chi connectivity index (χ3v) is 6.01. The largest absolute Gasteiger partial charge is 0.383 e. The van der Waals surface area contributed by atoms with Crippen molar-refractivity contribution in [3.8, 4) is 0 Å². The molecule has 1 fully saturated rings. The summed E-state index contributed by atoms with van der Waals surface area (Å²) >= 11 is 3.76. The van der Waals surface area contributed by atoms with Crippen molar-refractivity contribution in [1.82, 2.24) is 5.32 Å². The van der Waals surface area contributed by atoms with Crippen molar-refractivity contribution in [2.75, 3.05) is 26.8 Å². The minimum absolute atomic E-state index is 0.278. The molecular formula is C18H28BrNO. The SMILES string of the molecule is CCC1(CC)CC(CNCCOC)(c2ccccc2Br)C1. The van der Waals surface area contributed by atoms with Gasteiger partial charge in [0.1, 0.15) is 0 Å². The van der Waals surface area contributed by atoms with E-state index in [0.717, 1.165) is 19.7 Å². The second-order valence-corrected chi connectivity index (χ2v) is 7.34. The summed E-state index contributed by atoms with van der Waals surface area (Å²) in [5, 5.41) is 3.59. The van der Waals surface area contributed by atoms with Gasteiger partial charge in [0.2, 0.25) is 0 Å². The Labute approximate surface area is 137 Å². The van der Waals surface area contributed by atoms with Crippen LogP contribution in [0.3, 0.4) is 0 Å². The predicted octanol–water partition coefficient (Wildman–Crippen LogP) is 4.52. The molecule has 2 rings (SSSR count). The van der Waals surface area contributed by atoms with Gasteiger partial charge in [-0.2, -0.15) is 0 Å². The molecule has 0 saturated heterocycles. The van der Waals surface area contributed by atoms with Gasteiger partial charge in [0.15, 0.2) is 0 Å². The van der Waals surface area contributed by atoms with Crippen LogP contribution in [-0.2, 0) is 10.2 Å². The number of rotatable bonds is 8. The first-order valence-electron chi connectivity index (χ1n) is 8.06. The Morgan fingerprint density at radius 1 is 1.19 bits per heavy atom. The van der Waals surface area contributed by atoms with E-state index in [1.807, 2.05) is 0 Å². The number of hydrogen-bond acceptors (Lipinski definition) is 2. The van der Waals surface area contributed by atoms with E-state index in [0.29, 0.717) is 5.41 Å². The minimum Gasteiger partial charge on any atom is -0.383 e. The summed E-state index contributed by atoms with van der Waals surface area (Å²) < 4.78 is 6.40. The van der Waals surface area contributed by atoms with Gasteiger partial charge in [0.05, 0.1) is 6.61 Å². The molecule has 0 aliphatic heterocycles. The first-order valence-corrected chi connectivity index (χ1v) is 8.85. The summed E-state index contributed by atoms with van der Waals surface area (Å²) in [5.74, 6) is 0. The van der Waals surface area contributed by atoms with E-state index in [-0.39, 0.29) is 5.41 Å². The van der Waals surface area contributed by atoms with Gasteiger partial charge in [-0.05, 0) is 29.9 Å². The highest BCUT2D eigenvalue weighted by atomic mass is 79.9. The quantitative estimate of drug-likeness (QED) is 0.693. The molecular weight excluding hydrogens is 326 g/mol. The van der Waals surface area contributed by atoms with Crippen molar-refractivity contribution in [2.45, 2.75) is 44.9 Å². The molecule has 2 nitrogen and oxygen atoms in total. The molecule has 0 heterocycles. The molecule has 1 aliphatic carbocycles. The lowest BCUT2D eigenvalue weighted by molar-refractivity contribution is 0.0117. The van der Waals surface area contributed by atoms with E-state index >= 15 is 0 Å². The van der Waals surface area contributed by atoms with Crippen molar-refractivity contribution in [1.29, 1.82) is 0 Å². The molecule has 0 bridgehead atoms. The predicted molar refractivity (Wildman–Crippen MR) is 92.8 cm³/mol. The summed E-state index contributed by atoms with van der Waals surface area (Å²) in [6.45, 7) is 7.42. The molecule has 1 N–H and O–H groups in total. The smallest absolute Gasteiger partial charge is 0.0587 e. The molecule has 1 aromatic carbocycles. The van der Waals surface area contributed by atoms with Crippen LogP contribution in [0.5, 0.6) is 0 Å². The van der Waals surface area contributed by atoms with Crippen LogP contribution in [0.4, 0.5) is 0 Å². The number of hydrogen-bond donors (Lipinski definition) is 1. The van der Waals surface area contributed by atoms with Crippen LogP contribution >= 0.6 is 15.9 Å². The summed E-state index contributed by atoms with van der Waals surface area (Å²) in [7, 11) is 1.76. The average molecular weight is 354 g/mol. The third-order valence-electron chi connectivity index (χ3n) is 5.32. The van der Waals surface area contributed by atoms with Gasteiger partial charge in [-0.3, -0.25) is 0 Å². The average Bonchev–Trinajstić information content (AvgIpc) is 2.47. The topological polar surface area (TPSA) is 21.3 Å². The van der Waals surface area contributed by atoms with Crippen LogP contribution in [0.25, 0.3) is 0 Å². The van der Waals surface area contributed by atoms with Gasteiger partial charge in [-0.15, -0.1) is 0 Å². The first-order chi connectivity index (χ1) is 10.1. The van der Waals surface area contributed by atoms with Crippen LogP contribution in [0.15, 0.2) is 28.7 Å². The van der Waals surface area contributed by atoms with Crippen molar-refractivity contribution in [2.24, 2.45) is 5.41 Å². The summed E-state index contributed by atoms with van der Waals surface area (Å²) in [6.07, 6.45) is 5.15. The molecule has 0 atom stereocenters. The molecule has 0 aromatic heterocycles. The number of halogens is 1. The maximum atomic E-state index is 5.15. The Morgan fingerprint density at radius 3 is 2.43 bits per heavy atom. The Hall–Kier alpha value is -0.380. The molecule has 1 aliphatic rings. The second kappa shape index (κ2) is 7.26. The summed E-state index contributed by atoms with van der Waals surface area (Å²) in [6, 6.07) is 8.72. The minimum atomic E-state index is 0.278. The van der Waals surface area contributed by atoms with E-state index in [9.17, 15) is 0 Å². The number of ether oxygens (including phenoxy) is 1. The zero-order valence-electron chi connectivity index (χ0n) is 13.5. The Morgan fingerprint density at radius 2 is 1.86 bits per heavy atom. The maximum absolute atomic E-state index is 5.15. The van der Waals surface area contributed by atoms with Gasteiger partial charge in [0, 0.05) is 30.1 Å². The maximum Gasteiger partial charge on any atom is 0.0587 e. The fourth-order valence-electron chi connectivity index (χ4n) is 3.94. The fraction of sp³-hybridized carbons (Fsp3) is 0.667. The van der Waals surface area contributed by atoms with Crippen molar-refractivity contribution in [3.05, 3.63) is 34.3 Å². The van der Waals surface area contributed by atoms with Crippen LogP contribution in [0.2, 0.25) is 0 Å². The summed E-state index contributed by atoms with van der Waals surface area (Å²) in [5.41, 5.74) is 2.28. The highest BCUT2D eigenvalue weighted by Gasteiger charge is 2.53. The van der Waals surface area contributed by atoms with Crippen molar-refractivity contribution >= 4 is 15.9 Å². The van der Waals surface area contributed by atoms with E-state index in [2.05, 4.69) is 59.4 Å². The van der Waals surface area contributed by atoms with Crippen LogP contribution in [-0.4, -0.2) is 26.8 Å². The number of nitrogens with one attached hydrogen (secondary N) is 1. The molecule has 118 valence electrons. The second-order valence-electron chi connectivity index (χ2n) is 6.49. The van der Waals surface area contributed by atoms with E-state index in [1.54, 1.807) is 7.11 Å². The fourth-order valence-corrected chi connectivity index (χ4v) is 4.64. The Balaban J connectivity index is 2.15. The highest BCUT2D eigenvalue weighted by molar-refractivity contribution is 9.10. The van der Waals surface area contributed by atoms with Crippen molar-refractivity contribution in [3.63, 3.8) is 0 Å². The molecule has 0 radical (unpaired) electrons. The Bertz CT molecular complexity index is 448.